The molecule has 7 heteroatoms. The summed E-state index contributed by atoms with van der Waals surface area (Å²) >= 11 is 0. The lowest BCUT2D eigenvalue weighted by Gasteiger charge is -2.34. The number of ether oxygens (including phenoxy) is 1. The number of hydrogen-bond acceptors (Lipinski definition) is 6. The van der Waals surface area contributed by atoms with Crippen molar-refractivity contribution in [1.29, 1.82) is 0 Å². The van der Waals surface area contributed by atoms with E-state index in [1.54, 1.807) is 36.7 Å². The van der Waals surface area contributed by atoms with Gasteiger partial charge in [-0.2, -0.15) is 0 Å². The molecule has 0 bridgehead atoms. The van der Waals surface area contributed by atoms with Gasteiger partial charge < -0.3 is 9.64 Å². The van der Waals surface area contributed by atoms with E-state index in [4.69, 9.17) is 4.74 Å². The summed E-state index contributed by atoms with van der Waals surface area (Å²) in [6, 6.07) is 8.47. The van der Waals surface area contributed by atoms with Crippen molar-refractivity contribution in [3.8, 4) is 5.75 Å². The van der Waals surface area contributed by atoms with E-state index in [1.165, 1.54) is 6.26 Å². The van der Waals surface area contributed by atoms with Crippen molar-refractivity contribution in [1.82, 2.24) is 9.97 Å². The lowest BCUT2D eigenvalue weighted by Crippen LogP contribution is -2.36. The van der Waals surface area contributed by atoms with Crippen LogP contribution in [0, 0.1) is 11.8 Å². The normalized spacial score (nSPS) is 16.9. The molecule has 2 heterocycles. The Morgan fingerprint density at radius 1 is 1.15 bits per heavy atom. The van der Waals surface area contributed by atoms with E-state index in [2.05, 4.69) is 21.8 Å². The van der Waals surface area contributed by atoms with Crippen molar-refractivity contribution in [2.75, 3.05) is 30.9 Å². The number of sulfone groups is 1. The van der Waals surface area contributed by atoms with E-state index >= 15 is 0 Å². The largest absolute Gasteiger partial charge is 0.494 e. The molecule has 1 aromatic heterocycles. The first-order valence-electron chi connectivity index (χ1n) is 9.38. The molecule has 1 fully saturated rings. The molecule has 1 unspecified atom stereocenters. The van der Waals surface area contributed by atoms with Crippen LogP contribution in [-0.4, -0.2) is 44.3 Å². The first-order valence-corrected chi connectivity index (χ1v) is 11.3. The Morgan fingerprint density at radius 2 is 1.78 bits per heavy atom. The minimum atomic E-state index is -3.16. The fourth-order valence-corrected chi connectivity index (χ4v) is 4.13. The molecule has 146 valence electrons. The molecule has 0 N–H and O–H groups in total. The molecule has 1 aliphatic rings. The van der Waals surface area contributed by atoms with Crippen molar-refractivity contribution in [2.24, 2.45) is 11.8 Å². The molecular weight excluding hydrogens is 362 g/mol. The topological polar surface area (TPSA) is 72.4 Å². The van der Waals surface area contributed by atoms with Crippen LogP contribution in [0.5, 0.6) is 5.75 Å². The summed E-state index contributed by atoms with van der Waals surface area (Å²) < 4.78 is 28.8. The van der Waals surface area contributed by atoms with E-state index in [9.17, 15) is 8.42 Å². The predicted molar refractivity (Wildman–Crippen MR) is 106 cm³/mol. The average molecular weight is 390 g/mol. The average Bonchev–Trinajstić information content (AvgIpc) is 2.68. The van der Waals surface area contributed by atoms with E-state index in [1.807, 2.05) is 6.07 Å². The third-order valence-corrected chi connectivity index (χ3v) is 6.40. The Labute approximate surface area is 161 Å². The van der Waals surface area contributed by atoms with Gasteiger partial charge in [0.2, 0.25) is 5.95 Å². The van der Waals surface area contributed by atoms with Crippen LogP contribution in [0.15, 0.2) is 47.6 Å². The van der Waals surface area contributed by atoms with Gasteiger partial charge in [-0.05, 0) is 61.4 Å². The third kappa shape index (κ3) is 5.42. The van der Waals surface area contributed by atoms with Crippen LogP contribution in [0.4, 0.5) is 5.95 Å². The molecule has 1 aromatic carbocycles. The van der Waals surface area contributed by atoms with Gasteiger partial charge in [-0.15, -0.1) is 0 Å². The Balaban J connectivity index is 1.42. The smallest absolute Gasteiger partial charge is 0.225 e. The minimum absolute atomic E-state index is 0.317. The summed E-state index contributed by atoms with van der Waals surface area (Å²) in [6.07, 6.45) is 8.05. The van der Waals surface area contributed by atoms with E-state index in [-0.39, 0.29) is 0 Å². The van der Waals surface area contributed by atoms with Crippen molar-refractivity contribution in [3.63, 3.8) is 0 Å². The van der Waals surface area contributed by atoms with E-state index in [0.717, 1.165) is 38.3 Å². The van der Waals surface area contributed by atoms with Crippen molar-refractivity contribution < 1.29 is 13.2 Å². The predicted octanol–water partition coefficient (Wildman–Crippen LogP) is 3.20. The van der Waals surface area contributed by atoms with E-state index in [0.29, 0.717) is 29.1 Å². The zero-order valence-corrected chi connectivity index (χ0v) is 16.7. The number of nitrogens with zero attached hydrogens (tertiary/aromatic N) is 3. The number of anilines is 1. The maximum atomic E-state index is 11.5. The van der Waals surface area contributed by atoms with Gasteiger partial charge in [-0.25, -0.2) is 18.4 Å². The number of benzene rings is 1. The number of hydrogen-bond donors (Lipinski definition) is 0. The molecule has 0 aliphatic carbocycles. The van der Waals surface area contributed by atoms with Gasteiger partial charge in [0, 0.05) is 31.7 Å². The summed E-state index contributed by atoms with van der Waals surface area (Å²) in [6.45, 7) is 4.91. The molecule has 1 atom stereocenters. The first kappa shape index (κ1) is 19.6. The molecule has 0 radical (unpaired) electrons. The van der Waals surface area contributed by atoms with Gasteiger partial charge in [0.25, 0.3) is 0 Å². The molecule has 2 aromatic rings. The van der Waals surface area contributed by atoms with Crippen molar-refractivity contribution >= 4 is 15.8 Å². The summed E-state index contributed by atoms with van der Waals surface area (Å²) in [5, 5.41) is 0. The maximum Gasteiger partial charge on any atom is 0.225 e. The van der Waals surface area contributed by atoms with Crippen molar-refractivity contribution in [3.05, 3.63) is 42.7 Å². The number of aromatic nitrogens is 2. The van der Waals surface area contributed by atoms with Gasteiger partial charge in [0.1, 0.15) is 5.75 Å². The lowest BCUT2D eigenvalue weighted by atomic mass is 9.84. The molecular formula is C20H27N3O3S. The first-order chi connectivity index (χ1) is 12.9. The van der Waals surface area contributed by atoms with Crippen LogP contribution in [0.25, 0.3) is 0 Å². The highest BCUT2D eigenvalue weighted by Crippen LogP contribution is 2.28. The highest BCUT2D eigenvalue weighted by Gasteiger charge is 2.24. The summed E-state index contributed by atoms with van der Waals surface area (Å²) in [5.74, 6) is 2.80. The van der Waals surface area contributed by atoms with Gasteiger partial charge in [-0.3, -0.25) is 0 Å². The van der Waals surface area contributed by atoms with Crippen LogP contribution in [0.1, 0.15) is 26.2 Å². The molecule has 3 rings (SSSR count). The summed E-state index contributed by atoms with van der Waals surface area (Å²) in [7, 11) is -3.16. The Kier molecular flexibility index (Phi) is 6.31. The maximum absolute atomic E-state index is 11.5. The molecule has 27 heavy (non-hydrogen) atoms. The van der Waals surface area contributed by atoms with Gasteiger partial charge in [-0.1, -0.05) is 6.92 Å². The second-order valence-electron chi connectivity index (χ2n) is 7.23. The second-order valence-corrected chi connectivity index (χ2v) is 9.25. The van der Waals surface area contributed by atoms with Gasteiger partial charge >= 0.3 is 0 Å². The number of rotatable bonds is 7. The molecule has 0 spiro atoms. The Bertz CT molecular complexity index is 817. The molecule has 0 amide bonds. The monoisotopic (exact) mass is 389 g/mol. The van der Waals surface area contributed by atoms with Crippen LogP contribution in [0.2, 0.25) is 0 Å². The van der Waals surface area contributed by atoms with Crippen LogP contribution < -0.4 is 9.64 Å². The highest BCUT2D eigenvalue weighted by molar-refractivity contribution is 7.90. The SMILES string of the molecule is CC(CCOc1ccc(S(C)(=O)=O)cc1)C1CCN(c2ncccn2)CC1. The fraction of sp³-hybridized carbons (Fsp3) is 0.500. The molecule has 1 saturated heterocycles. The minimum Gasteiger partial charge on any atom is -0.494 e. The third-order valence-electron chi connectivity index (χ3n) is 5.27. The lowest BCUT2D eigenvalue weighted by molar-refractivity contribution is 0.222. The molecule has 1 aliphatic heterocycles. The molecule has 6 nitrogen and oxygen atoms in total. The van der Waals surface area contributed by atoms with Crippen LogP contribution >= 0.6 is 0 Å². The van der Waals surface area contributed by atoms with E-state index < -0.39 is 9.84 Å². The fourth-order valence-electron chi connectivity index (χ4n) is 3.50. The Hall–Kier alpha value is -2.15. The Morgan fingerprint density at radius 3 is 2.37 bits per heavy atom. The highest BCUT2D eigenvalue weighted by atomic mass is 32.2. The number of piperidine rings is 1. The van der Waals surface area contributed by atoms with Crippen LogP contribution in [0.3, 0.4) is 0 Å². The zero-order valence-electron chi connectivity index (χ0n) is 15.9. The van der Waals surface area contributed by atoms with Crippen LogP contribution in [-0.2, 0) is 9.84 Å². The standard InChI is InChI=1S/C20H27N3O3S/c1-16(10-15-26-18-4-6-19(7-5-18)27(2,24)25)17-8-13-23(14-9-17)20-21-11-3-12-22-20/h3-7,11-12,16-17H,8-10,13-15H2,1-2H3. The van der Waals surface area contributed by atoms with Gasteiger partial charge in [0.05, 0.1) is 11.5 Å². The quantitative estimate of drug-likeness (QED) is 0.724. The van der Waals surface area contributed by atoms with Gasteiger partial charge in [0.15, 0.2) is 9.84 Å². The molecule has 0 saturated carbocycles. The summed E-state index contributed by atoms with van der Waals surface area (Å²) in [5.41, 5.74) is 0. The summed E-state index contributed by atoms with van der Waals surface area (Å²) in [4.78, 5) is 11.2. The van der Waals surface area contributed by atoms with Crippen molar-refractivity contribution in [2.45, 2.75) is 31.1 Å². The zero-order chi connectivity index (χ0) is 19.3. The second kappa shape index (κ2) is 8.69.